The number of nitrogens with zero attached hydrogens (tertiary/aromatic N) is 4. The largest absolute Gasteiger partial charge is 0.360 e. The van der Waals surface area contributed by atoms with Crippen LogP contribution < -0.4 is 14.5 Å². The van der Waals surface area contributed by atoms with Crippen LogP contribution in [0.2, 0.25) is 0 Å². The van der Waals surface area contributed by atoms with Gasteiger partial charge in [-0.15, -0.1) is 0 Å². The van der Waals surface area contributed by atoms with Crippen molar-refractivity contribution in [3.8, 4) is 0 Å². The molecule has 1 aromatic heterocycles. The van der Waals surface area contributed by atoms with E-state index < -0.39 is 10.0 Å². The molecule has 0 spiro atoms. The quantitative estimate of drug-likeness (QED) is 0.839. The van der Waals surface area contributed by atoms with Crippen LogP contribution in [0.25, 0.3) is 0 Å². The summed E-state index contributed by atoms with van der Waals surface area (Å²) in [6.07, 6.45) is 6.99. The summed E-state index contributed by atoms with van der Waals surface area (Å²) >= 11 is 0. The molecule has 7 nitrogen and oxygen atoms in total. The van der Waals surface area contributed by atoms with E-state index in [1.807, 2.05) is 19.0 Å². The molecule has 0 bridgehead atoms. The van der Waals surface area contributed by atoms with Gasteiger partial charge in [0.05, 0.1) is 6.26 Å². The van der Waals surface area contributed by atoms with Crippen LogP contribution in [0.15, 0.2) is 12.4 Å². The van der Waals surface area contributed by atoms with Gasteiger partial charge in [0.25, 0.3) is 0 Å². The van der Waals surface area contributed by atoms with Gasteiger partial charge in [0.1, 0.15) is 0 Å². The zero-order valence-corrected chi connectivity index (χ0v) is 14.0. The Morgan fingerprint density at radius 1 is 1.23 bits per heavy atom. The second-order valence-corrected chi connectivity index (χ2v) is 8.28. The van der Waals surface area contributed by atoms with Gasteiger partial charge in [0, 0.05) is 45.6 Å². The van der Waals surface area contributed by atoms with Crippen molar-refractivity contribution in [3.05, 3.63) is 12.4 Å². The van der Waals surface area contributed by atoms with E-state index in [0.717, 1.165) is 18.2 Å². The highest BCUT2D eigenvalue weighted by Crippen LogP contribution is 2.43. The Kier molecular flexibility index (Phi) is 3.98. The molecule has 1 saturated heterocycles. The average Bonchev–Trinajstić information content (AvgIpc) is 3.19. The van der Waals surface area contributed by atoms with Gasteiger partial charge >= 0.3 is 0 Å². The summed E-state index contributed by atoms with van der Waals surface area (Å²) in [6.45, 7) is 1.48. The van der Waals surface area contributed by atoms with Crippen molar-refractivity contribution in [3.63, 3.8) is 0 Å². The minimum atomic E-state index is -3.20. The Morgan fingerprint density at radius 2 is 1.91 bits per heavy atom. The second kappa shape index (κ2) is 5.66. The molecule has 1 aliphatic carbocycles. The van der Waals surface area contributed by atoms with Gasteiger partial charge in [-0.25, -0.2) is 23.1 Å². The number of rotatable bonds is 5. The predicted octanol–water partition coefficient (Wildman–Crippen LogP) is 0.307. The van der Waals surface area contributed by atoms with Gasteiger partial charge in [-0.1, -0.05) is 0 Å². The van der Waals surface area contributed by atoms with Crippen molar-refractivity contribution in [2.75, 3.05) is 43.2 Å². The van der Waals surface area contributed by atoms with Crippen molar-refractivity contribution >= 4 is 21.7 Å². The van der Waals surface area contributed by atoms with E-state index in [9.17, 15) is 8.42 Å². The molecule has 1 N–H and O–H groups in total. The maximum absolute atomic E-state index is 11.6. The normalized spacial score (nSPS) is 25.5. The lowest BCUT2D eigenvalue weighted by Crippen LogP contribution is -2.40. The first-order valence-electron chi connectivity index (χ1n) is 7.56. The number of aromatic nitrogens is 2. The van der Waals surface area contributed by atoms with E-state index >= 15 is 0 Å². The Bertz CT molecular complexity index is 644. The van der Waals surface area contributed by atoms with Crippen molar-refractivity contribution in [1.29, 1.82) is 0 Å². The summed E-state index contributed by atoms with van der Waals surface area (Å²) < 4.78 is 26.1. The molecule has 1 aliphatic heterocycles. The number of nitrogens with one attached hydrogen (secondary N) is 1. The van der Waals surface area contributed by atoms with Crippen molar-refractivity contribution in [2.24, 2.45) is 11.8 Å². The fraction of sp³-hybridized carbons (Fsp3) is 0.714. The van der Waals surface area contributed by atoms with Gasteiger partial charge < -0.3 is 9.80 Å². The summed E-state index contributed by atoms with van der Waals surface area (Å²) in [7, 11) is 0.676. The van der Waals surface area contributed by atoms with Crippen molar-refractivity contribution < 1.29 is 8.42 Å². The Labute approximate surface area is 131 Å². The van der Waals surface area contributed by atoms with E-state index in [-0.39, 0.29) is 6.04 Å². The summed E-state index contributed by atoms with van der Waals surface area (Å²) in [5, 5.41) is 0. The highest BCUT2D eigenvalue weighted by Gasteiger charge is 2.44. The number of sulfonamides is 1. The highest BCUT2D eigenvalue weighted by atomic mass is 32.2. The molecule has 3 rings (SSSR count). The third kappa shape index (κ3) is 3.33. The summed E-state index contributed by atoms with van der Waals surface area (Å²) in [5.41, 5.74) is 0. The number of hydrogen-bond acceptors (Lipinski definition) is 6. The number of anilines is 2. The molecule has 1 aromatic rings. The molecule has 2 fully saturated rings. The van der Waals surface area contributed by atoms with Gasteiger partial charge in [-0.05, 0) is 24.7 Å². The first-order chi connectivity index (χ1) is 10.3. The predicted molar refractivity (Wildman–Crippen MR) is 86.6 cm³/mol. The molecule has 1 saturated carbocycles. The fourth-order valence-electron chi connectivity index (χ4n) is 3.27. The molecule has 8 heteroatoms. The van der Waals surface area contributed by atoms with Crippen LogP contribution >= 0.6 is 0 Å². The van der Waals surface area contributed by atoms with Gasteiger partial charge in [-0.3, -0.25) is 0 Å². The Morgan fingerprint density at radius 3 is 2.50 bits per heavy atom. The first-order valence-corrected chi connectivity index (χ1v) is 9.45. The lowest BCUT2D eigenvalue weighted by Gasteiger charge is -2.22. The Hall–Kier alpha value is -1.41. The molecule has 2 heterocycles. The van der Waals surface area contributed by atoms with Crippen LogP contribution in [0.3, 0.4) is 0 Å². The molecule has 122 valence electrons. The van der Waals surface area contributed by atoms with Gasteiger partial charge in [0.15, 0.2) is 11.6 Å². The zero-order valence-electron chi connectivity index (χ0n) is 13.2. The van der Waals surface area contributed by atoms with Crippen LogP contribution in [0, 0.1) is 11.8 Å². The Balaban J connectivity index is 1.84. The van der Waals surface area contributed by atoms with Crippen LogP contribution in [0.4, 0.5) is 11.6 Å². The van der Waals surface area contributed by atoms with Crippen LogP contribution in [-0.2, 0) is 10.0 Å². The standard InChI is InChI=1S/C14H23N5O2S/c1-18(2)13-14(16-7-6-15-13)19-8-11(10-4-5-10)12(9-19)17-22(3,20)21/h6-7,10-12,17H,4-5,8-9H2,1-3H3. The van der Waals surface area contributed by atoms with E-state index in [4.69, 9.17) is 0 Å². The lowest BCUT2D eigenvalue weighted by atomic mass is 9.99. The lowest BCUT2D eigenvalue weighted by molar-refractivity contribution is 0.427. The minimum absolute atomic E-state index is 0.0421. The van der Waals surface area contributed by atoms with Gasteiger partial charge in [0.2, 0.25) is 10.0 Å². The van der Waals surface area contributed by atoms with E-state index in [2.05, 4.69) is 19.6 Å². The molecular weight excluding hydrogens is 302 g/mol. The smallest absolute Gasteiger partial charge is 0.209 e. The third-order valence-corrected chi connectivity index (χ3v) is 5.07. The molecular formula is C14H23N5O2S. The second-order valence-electron chi connectivity index (χ2n) is 6.50. The van der Waals surface area contributed by atoms with Crippen molar-refractivity contribution in [2.45, 2.75) is 18.9 Å². The summed E-state index contributed by atoms with van der Waals surface area (Å²) in [4.78, 5) is 13.0. The zero-order chi connectivity index (χ0) is 15.9. The van der Waals surface area contributed by atoms with Crippen molar-refractivity contribution in [1.82, 2.24) is 14.7 Å². The average molecular weight is 325 g/mol. The molecule has 0 aromatic carbocycles. The molecule has 0 amide bonds. The topological polar surface area (TPSA) is 78.4 Å². The monoisotopic (exact) mass is 325 g/mol. The fourth-order valence-corrected chi connectivity index (χ4v) is 4.06. The first kappa shape index (κ1) is 15.5. The molecule has 2 atom stereocenters. The number of hydrogen-bond donors (Lipinski definition) is 1. The summed E-state index contributed by atoms with van der Waals surface area (Å²) in [5.74, 6) is 2.63. The van der Waals surface area contributed by atoms with E-state index in [0.29, 0.717) is 18.4 Å². The van der Waals surface area contributed by atoms with E-state index in [1.165, 1.54) is 19.1 Å². The molecule has 2 unspecified atom stereocenters. The maximum Gasteiger partial charge on any atom is 0.209 e. The maximum atomic E-state index is 11.6. The summed E-state index contributed by atoms with van der Waals surface area (Å²) in [6, 6.07) is -0.0421. The van der Waals surface area contributed by atoms with Crippen LogP contribution in [0.1, 0.15) is 12.8 Å². The van der Waals surface area contributed by atoms with Gasteiger partial charge in [-0.2, -0.15) is 0 Å². The van der Waals surface area contributed by atoms with E-state index in [1.54, 1.807) is 12.4 Å². The minimum Gasteiger partial charge on any atom is -0.360 e. The molecule has 22 heavy (non-hydrogen) atoms. The van der Waals surface area contributed by atoms with Crippen LogP contribution in [-0.4, -0.2) is 57.9 Å². The van der Waals surface area contributed by atoms with Crippen LogP contribution in [0.5, 0.6) is 0 Å². The highest BCUT2D eigenvalue weighted by molar-refractivity contribution is 7.88. The molecule has 2 aliphatic rings. The third-order valence-electron chi connectivity index (χ3n) is 4.34. The SMILES string of the molecule is CN(C)c1nccnc1N1CC(NS(C)(=O)=O)C(C2CC2)C1. The molecule has 0 radical (unpaired) electrons.